The fourth-order valence-corrected chi connectivity index (χ4v) is 4.73. The molecule has 0 saturated carbocycles. The Hall–Kier alpha value is -5.02. The molecule has 6 rings (SSSR count). The monoisotopic (exact) mass is 612 g/mol. The molecule has 0 aliphatic rings. The molecule has 2 N–H and O–H groups in total. The summed E-state index contributed by atoms with van der Waals surface area (Å²) in [6, 6.07) is 23.1. The summed E-state index contributed by atoms with van der Waals surface area (Å²) in [6.45, 7) is 0.474. The highest BCUT2D eigenvalue weighted by atomic mass is 16.5. The van der Waals surface area contributed by atoms with Crippen molar-refractivity contribution in [1.29, 1.82) is 0 Å². The Morgan fingerprint density at radius 3 is 1.91 bits per heavy atom. The maximum atomic E-state index is 10.3. The molecule has 0 amide bonds. The van der Waals surface area contributed by atoms with Crippen LogP contribution in [0.1, 0.15) is 22.9 Å². The number of hydrogen-bond acceptors (Lipinski definition) is 12. The third-order valence-corrected chi connectivity index (χ3v) is 7.18. The highest BCUT2D eigenvalue weighted by molar-refractivity contribution is 5.59. The molecule has 6 aromatic rings. The van der Waals surface area contributed by atoms with E-state index in [9.17, 15) is 10.2 Å². The van der Waals surface area contributed by atoms with Gasteiger partial charge in [0, 0.05) is 23.3 Å². The van der Waals surface area contributed by atoms with E-state index < -0.39 is 5.41 Å². The molecule has 232 valence electrons. The third kappa shape index (κ3) is 7.56. The predicted molar refractivity (Wildman–Crippen MR) is 158 cm³/mol. The van der Waals surface area contributed by atoms with E-state index in [4.69, 9.17) is 18.5 Å². The van der Waals surface area contributed by atoms with Gasteiger partial charge in [-0.15, -0.1) is 10.2 Å². The van der Waals surface area contributed by atoms with E-state index in [-0.39, 0.29) is 52.7 Å². The van der Waals surface area contributed by atoms with Crippen LogP contribution in [0.15, 0.2) is 94.2 Å². The smallest absolute Gasteiger partial charge is 0.163 e. The highest BCUT2D eigenvalue weighted by Gasteiger charge is 2.32. The first-order valence-electron chi connectivity index (χ1n) is 14.3. The van der Waals surface area contributed by atoms with E-state index in [1.165, 1.54) is 0 Å². The Kier molecular flexibility index (Phi) is 9.46. The van der Waals surface area contributed by atoms with E-state index >= 15 is 0 Å². The summed E-state index contributed by atoms with van der Waals surface area (Å²) in [6.07, 6.45) is 3.29. The van der Waals surface area contributed by atoms with Gasteiger partial charge in [-0.25, -0.2) is 4.68 Å². The minimum absolute atomic E-state index is 0.167. The molecule has 0 aliphatic carbocycles. The first-order valence-corrected chi connectivity index (χ1v) is 14.3. The van der Waals surface area contributed by atoms with Gasteiger partial charge in [-0.2, -0.15) is 0 Å². The minimum Gasteiger partial charge on any atom is -0.396 e. The molecule has 0 aliphatic heterocycles. The second-order valence-corrected chi connectivity index (χ2v) is 10.7. The van der Waals surface area contributed by atoms with Crippen molar-refractivity contribution >= 4 is 0 Å². The van der Waals surface area contributed by atoms with E-state index in [1.807, 2.05) is 72.8 Å². The van der Waals surface area contributed by atoms with Crippen LogP contribution < -0.4 is 0 Å². The average molecular weight is 613 g/mol. The van der Waals surface area contributed by atoms with Crippen molar-refractivity contribution in [3.63, 3.8) is 0 Å². The summed E-state index contributed by atoms with van der Waals surface area (Å²) >= 11 is 0. The van der Waals surface area contributed by atoms with Gasteiger partial charge in [0.2, 0.25) is 0 Å². The zero-order valence-corrected chi connectivity index (χ0v) is 24.3. The zero-order valence-electron chi connectivity index (χ0n) is 24.3. The molecular formula is C31H32N8O6. The molecule has 4 aromatic heterocycles. The summed E-state index contributed by atoms with van der Waals surface area (Å²) in [5.41, 5.74) is 3.62. The van der Waals surface area contributed by atoms with Gasteiger partial charge in [0.05, 0.1) is 63.0 Å². The molecule has 0 unspecified atom stereocenters. The lowest BCUT2D eigenvalue weighted by Crippen LogP contribution is -2.40. The van der Waals surface area contributed by atoms with E-state index in [0.29, 0.717) is 22.9 Å². The largest absolute Gasteiger partial charge is 0.396 e. The fourth-order valence-electron chi connectivity index (χ4n) is 4.73. The van der Waals surface area contributed by atoms with Gasteiger partial charge in [-0.3, -0.25) is 4.68 Å². The van der Waals surface area contributed by atoms with Crippen LogP contribution in [0.4, 0.5) is 0 Å². The standard InChI is InChI=1S/C31H32N8O6/c40-21-31(22-41,19-38-14-25(33-37-38)15-42-17-27-11-29(34-44-27)23-7-3-1-4-8-23)20-39-26(13-32-36-39)16-43-18-28-12-30(35-45-28)24-9-5-2-6-10-24/h1-14,40-41H,15-22H2. The number of hydrogen-bond donors (Lipinski definition) is 2. The molecule has 2 aromatic carbocycles. The van der Waals surface area contributed by atoms with Gasteiger partial charge < -0.3 is 28.7 Å². The van der Waals surface area contributed by atoms with Crippen LogP contribution in [0.2, 0.25) is 0 Å². The van der Waals surface area contributed by atoms with Crippen molar-refractivity contribution in [1.82, 2.24) is 40.3 Å². The number of ether oxygens (including phenoxy) is 2. The van der Waals surface area contributed by atoms with Gasteiger partial charge in [0.1, 0.15) is 30.3 Å². The average Bonchev–Trinajstić information content (AvgIpc) is 3.91. The van der Waals surface area contributed by atoms with Crippen molar-refractivity contribution in [2.45, 2.75) is 39.5 Å². The zero-order chi connectivity index (χ0) is 30.9. The van der Waals surface area contributed by atoms with Crippen LogP contribution in [0.25, 0.3) is 22.5 Å². The number of benzene rings is 2. The fraction of sp³-hybridized carbons (Fsp3) is 0.290. The lowest BCUT2D eigenvalue weighted by atomic mass is 9.90. The van der Waals surface area contributed by atoms with Gasteiger partial charge >= 0.3 is 0 Å². The molecule has 0 atom stereocenters. The van der Waals surface area contributed by atoms with Crippen LogP contribution >= 0.6 is 0 Å². The number of nitrogens with zero attached hydrogens (tertiary/aromatic N) is 8. The van der Waals surface area contributed by atoms with E-state index in [0.717, 1.165) is 22.5 Å². The Morgan fingerprint density at radius 2 is 1.31 bits per heavy atom. The molecule has 14 nitrogen and oxygen atoms in total. The van der Waals surface area contributed by atoms with Crippen LogP contribution in [-0.2, 0) is 49.0 Å². The third-order valence-electron chi connectivity index (χ3n) is 7.18. The predicted octanol–water partition coefficient (Wildman–Crippen LogP) is 3.28. The molecule has 0 bridgehead atoms. The second-order valence-electron chi connectivity index (χ2n) is 10.7. The maximum Gasteiger partial charge on any atom is 0.163 e. The first kappa shape index (κ1) is 30.0. The Morgan fingerprint density at radius 1 is 0.711 bits per heavy atom. The Bertz CT molecular complexity index is 1760. The van der Waals surface area contributed by atoms with Gasteiger partial charge in [-0.1, -0.05) is 81.4 Å². The van der Waals surface area contributed by atoms with Crippen LogP contribution in [0, 0.1) is 5.41 Å². The SMILES string of the molecule is OCC(CO)(Cn1cc(COCc2cc(-c3ccccc3)no2)nn1)Cn1nncc1COCc1cc(-c2ccccc2)no1. The summed E-state index contributed by atoms with van der Waals surface area (Å²) in [7, 11) is 0. The molecular weight excluding hydrogens is 580 g/mol. The number of aromatic nitrogens is 8. The maximum absolute atomic E-state index is 10.3. The van der Waals surface area contributed by atoms with Gasteiger partial charge in [-0.05, 0) is 0 Å². The van der Waals surface area contributed by atoms with Crippen LogP contribution in [0.5, 0.6) is 0 Å². The highest BCUT2D eigenvalue weighted by Crippen LogP contribution is 2.24. The van der Waals surface area contributed by atoms with Gasteiger partial charge in [0.15, 0.2) is 11.5 Å². The molecule has 14 heteroatoms. The Balaban J connectivity index is 1.00. The van der Waals surface area contributed by atoms with Crippen molar-refractivity contribution in [2.75, 3.05) is 13.2 Å². The first-order chi connectivity index (χ1) is 22.1. The molecule has 0 fully saturated rings. The summed E-state index contributed by atoms with van der Waals surface area (Å²) in [5.74, 6) is 1.17. The van der Waals surface area contributed by atoms with E-state index in [2.05, 4.69) is 30.9 Å². The second kappa shape index (κ2) is 14.2. The molecule has 0 saturated heterocycles. The number of aliphatic hydroxyl groups is 2. The summed E-state index contributed by atoms with van der Waals surface area (Å²) in [4.78, 5) is 0. The van der Waals surface area contributed by atoms with Crippen molar-refractivity contribution in [3.05, 3.63) is 108 Å². The van der Waals surface area contributed by atoms with Crippen molar-refractivity contribution in [3.8, 4) is 22.5 Å². The van der Waals surface area contributed by atoms with Crippen LogP contribution in [0.3, 0.4) is 0 Å². The summed E-state index contributed by atoms with van der Waals surface area (Å²) < 4.78 is 25.5. The lowest BCUT2D eigenvalue weighted by Gasteiger charge is -2.29. The lowest BCUT2D eigenvalue weighted by molar-refractivity contribution is 0.0153. The number of rotatable bonds is 16. The molecule has 0 spiro atoms. The molecule has 0 radical (unpaired) electrons. The molecule has 4 heterocycles. The van der Waals surface area contributed by atoms with Crippen molar-refractivity contribution < 1.29 is 28.7 Å². The Labute approximate surface area is 257 Å². The minimum atomic E-state index is -1.00. The molecule has 45 heavy (non-hydrogen) atoms. The number of aliphatic hydroxyl groups excluding tert-OH is 2. The van der Waals surface area contributed by atoms with Crippen molar-refractivity contribution in [2.24, 2.45) is 5.41 Å². The summed E-state index contributed by atoms with van der Waals surface area (Å²) in [5, 5.41) is 45.4. The normalized spacial score (nSPS) is 11.8. The van der Waals surface area contributed by atoms with Gasteiger partial charge in [0.25, 0.3) is 0 Å². The topological polar surface area (TPSA) is 172 Å². The van der Waals surface area contributed by atoms with E-state index in [1.54, 1.807) is 21.8 Å². The van der Waals surface area contributed by atoms with Crippen LogP contribution in [-0.4, -0.2) is 63.7 Å². The quantitative estimate of drug-likeness (QED) is 0.164.